The summed E-state index contributed by atoms with van der Waals surface area (Å²) < 4.78 is 7.90. The Kier molecular flexibility index (Phi) is 4.66. The van der Waals surface area contributed by atoms with Gasteiger partial charge in [0.25, 0.3) is 5.56 Å². The predicted octanol–water partition coefficient (Wildman–Crippen LogP) is 3.18. The Labute approximate surface area is 190 Å². The van der Waals surface area contributed by atoms with Gasteiger partial charge in [0.05, 0.1) is 11.1 Å². The number of aromatic hydroxyl groups is 1. The Hall–Kier alpha value is -3.71. The number of allylic oxidation sites excluding steroid dienone is 1. The van der Waals surface area contributed by atoms with Gasteiger partial charge in [0.2, 0.25) is 5.78 Å². The van der Waals surface area contributed by atoms with E-state index in [-0.39, 0.29) is 28.8 Å². The summed E-state index contributed by atoms with van der Waals surface area (Å²) in [6, 6.07) is 12.3. The van der Waals surface area contributed by atoms with Crippen LogP contribution in [0.4, 0.5) is 0 Å². The maximum Gasteiger partial charge on any atom is 0.250 e. The summed E-state index contributed by atoms with van der Waals surface area (Å²) in [5, 5.41) is 10.7. The standard InChI is InChI=1S/C26H23N3O4/c30-22-7-6-19-25(32)23(10-16-3-2-8-27-11-16)33-26(19)20(22)15-28-12-17-9-18(14-28)21-4-1-5-24(31)29(21)13-17/h1-8,10-11,17-18,30H,9,12-15H2/b23-10-/t17-,18+/m0/s1. The van der Waals surface area contributed by atoms with Gasteiger partial charge < -0.3 is 14.4 Å². The fraction of sp³-hybridized carbons (Fsp3) is 0.269. The minimum Gasteiger partial charge on any atom is -0.507 e. The van der Waals surface area contributed by atoms with Crippen molar-refractivity contribution < 1.29 is 14.6 Å². The van der Waals surface area contributed by atoms with E-state index in [1.165, 1.54) is 0 Å². The lowest BCUT2D eigenvalue weighted by molar-refractivity contribution is 0.101. The molecular formula is C26H23N3O4. The van der Waals surface area contributed by atoms with Gasteiger partial charge in [-0.2, -0.15) is 0 Å². The highest BCUT2D eigenvalue weighted by Gasteiger charge is 2.36. The van der Waals surface area contributed by atoms with Crippen LogP contribution in [-0.4, -0.2) is 38.4 Å². The molecule has 5 heterocycles. The van der Waals surface area contributed by atoms with Crippen LogP contribution in [0.15, 0.2) is 65.4 Å². The molecule has 1 saturated heterocycles. The number of aromatic nitrogens is 2. The third-order valence-electron chi connectivity index (χ3n) is 6.84. The first-order chi connectivity index (χ1) is 16.1. The molecule has 1 aromatic carbocycles. The van der Waals surface area contributed by atoms with Crippen LogP contribution in [0.3, 0.4) is 0 Å². The Bertz CT molecular complexity index is 1350. The van der Waals surface area contributed by atoms with Crippen LogP contribution in [0, 0.1) is 5.92 Å². The minimum atomic E-state index is -0.195. The minimum absolute atomic E-state index is 0.0639. The van der Waals surface area contributed by atoms with E-state index in [1.54, 1.807) is 42.7 Å². The molecular weight excluding hydrogens is 418 g/mol. The lowest BCUT2D eigenvalue weighted by atomic mass is 9.83. The lowest BCUT2D eigenvalue weighted by Gasteiger charge is -2.42. The molecule has 1 N–H and O–H groups in total. The molecule has 1 fully saturated rings. The quantitative estimate of drug-likeness (QED) is 0.629. The van der Waals surface area contributed by atoms with Crippen LogP contribution < -0.4 is 10.3 Å². The predicted molar refractivity (Wildman–Crippen MR) is 122 cm³/mol. The Morgan fingerprint density at radius 2 is 2.00 bits per heavy atom. The Morgan fingerprint density at radius 1 is 1.09 bits per heavy atom. The van der Waals surface area contributed by atoms with Crippen LogP contribution in [0.25, 0.3) is 6.08 Å². The summed E-state index contributed by atoms with van der Waals surface area (Å²) in [4.78, 5) is 31.6. The molecule has 2 bridgehead atoms. The second kappa shape index (κ2) is 7.71. The number of likely N-dealkylation sites (tertiary alicyclic amines) is 1. The van der Waals surface area contributed by atoms with Crippen molar-refractivity contribution in [3.8, 4) is 11.5 Å². The molecule has 3 aliphatic rings. The molecule has 3 aromatic rings. The number of Topliss-reactive ketones (excluding diaryl/α,β-unsaturated/α-hetero) is 1. The third kappa shape index (κ3) is 3.45. The lowest BCUT2D eigenvalue weighted by Crippen LogP contribution is -2.46. The smallest absolute Gasteiger partial charge is 0.250 e. The van der Waals surface area contributed by atoms with Gasteiger partial charge in [-0.1, -0.05) is 12.1 Å². The molecule has 166 valence electrons. The molecule has 0 radical (unpaired) electrons. The molecule has 0 unspecified atom stereocenters. The van der Waals surface area contributed by atoms with Crippen molar-refractivity contribution >= 4 is 11.9 Å². The number of fused-ring (bicyclic) bond motifs is 5. The van der Waals surface area contributed by atoms with Gasteiger partial charge in [-0.05, 0) is 48.2 Å². The molecule has 0 amide bonds. The highest BCUT2D eigenvalue weighted by Crippen LogP contribution is 2.42. The SMILES string of the molecule is O=C1/C(=C/c2cccnc2)Oc2c1ccc(O)c2CN1C[C@@H]2C[C@H](C1)c1cccc(=O)n1C2. The van der Waals surface area contributed by atoms with Gasteiger partial charge in [-0.15, -0.1) is 0 Å². The number of carbonyl (C=O) groups excluding carboxylic acids is 1. The summed E-state index contributed by atoms with van der Waals surface area (Å²) in [6.07, 6.45) is 6.08. The van der Waals surface area contributed by atoms with Crippen molar-refractivity contribution in [2.45, 2.75) is 25.4 Å². The average molecular weight is 441 g/mol. The number of phenols is 1. The zero-order chi connectivity index (χ0) is 22.5. The maximum absolute atomic E-state index is 12.9. The van der Waals surface area contributed by atoms with Crippen molar-refractivity contribution in [3.63, 3.8) is 0 Å². The number of carbonyl (C=O) groups is 1. The number of ether oxygens (including phenoxy) is 1. The Morgan fingerprint density at radius 3 is 2.85 bits per heavy atom. The van der Waals surface area contributed by atoms with E-state index in [9.17, 15) is 14.7 Å². The molecule has 0 spiro atoms. The van der Waals surface area contributed by atoms with Crippen LogP contribution in [0.1, 0.15) is 39.5 Å². The molecule has 33 heavy (non-hydrogen) atoms. The number of hydrogen-bond acceptors (Lipinski definition) is 6. The first-order valence-electron chi connectivity index (χ1n) is 11.2. The van der Waals surface area contributed by atoms with Crippen molar-refractivity contribution in [1.82, 2.24) is 14.5 Å². The number of ketones is 1. The number of phenolic OH excluding ortho intramolecular Hbond substituents is 1. The summed E-state index contributed by atoms with van der Waals surface area (Å²) in [5.41, 5.74) is 3.01. The molecule has 7 heteroatoms. The third-order valence-corrected chi connectivity index (χ3v) is 6.84. The van der Waals surface area contributed by atoms with Gasteiger partial charge in [0, 0.05) is 56.3 Å². The van der Waals surface area contributed by atoms with Gasteiger partial charge in [0.15, 0.2) is 5.76 Å². The number of benzene rings is 1. The molecule has 7 nitrogen and oxygen atoms in total. The summed E-state index contributed by atoms with van der Waals surface area (Å²) >= 11 is 0. The Balaban J connectivity index is 1.29. The molecule has 2 aromatic heterocycles. The van der Waals surface area contributed by atoms with E-state index in [4.69, 9.17) is 4.74 Å². The average Bonchev–Trinajstić information content (AvgIpc) is 3.12. The maximum atomic E-state index is 12.9. The van der Waals surface area contributed by atoms with E-state index in [0.717, 1.165) is 30.8 Å². The molecule has 2 atom stereocenters. The zero-order valence-corrected chi connectivity index (χ0v) is 18.0. The van der Waals surface area contributed by atoms with Gasteiger partial charge in [-0.3, -0.25) is 19.5 Å². The van der Waals surface area contributed by atoms with E-state index >= 15 is 0 Å². The number of rotatable bonds is 3. The first kappa shape index (κ1) is 19.9. The highest BCUT2D eigenvalue weighted by atomic mass is 16.5. The topological polar surface area (TPSA) is 84.7 Å². The van der Waals surface area contributed by atoms with Crippen molar-refractivity contribution in [1.29, 1.82) is 0 Å². The van der Waals surface area contributed by atoms with E-state index in [0.29, 0.717) is 35.9 Å². The monoisotopic (exact) mass is 441 g/mol. The largest absolute Gasteiger partial charge is 0.507 e. The molecule has 6 rings (SSSR count). The van der Waals surface area contributed by atoms with Crippen LogP contribution in [0.5, 0.6) is 11.5 Å². The number of nitrogens with zero attached hydrogens (tertiary/aromatic N) is 3. The van der Waals surface area contributed by atoms with Gasteiger partial charge in [-0.25, -0.2) is 0 Å². The molecule has 3 aliphatic heterocycles. The summed E-state index contributed by atoms with van der Waals surface area (Å²) in [6.45, 7) is 2.81. The van der Waals surface area contributed by atoms with Crippen molar-refractivity contribution in [2.24, 2.45) is 5.92 Å². The first-order valence-corrected chi connectivity index (χ1v) is 11.2. The summed E-state index contributed by atoms with van der Waals surface area (Å²) in [5.74, 6) is 1.24. The fourth-order valence-corrected chi connectivity index (χ4v) is 5.41. The normalized spacial score (nSPS) is 22.7. The summed E-state index contributed by atoms with van der Waals surface area (Å²) in [7, 11) is 0. The number of piperidine rings is 1. The van der Waals surface area contributed by atoms with Crippen molar-refractivity contribution in [2.75, 3.05) is 13.1 Å². The fourth-order valence-electron chi connectivity index (χ4n) is 5.41. The highest BCUT2D eigenvalue weighted by molar-refractivity contribution is 6.14. The van der Waals surface area contributed by atoms with Gasteiger partial charge in [0.1, 0.15) is 11.5 Å². The number of hydrogen-bond donors (Lipinski definition) is 1. The zero-order valence-electron chi connectivity index (χ0n) is 18.0. The second-order valence-corrected chi connectivity index (χ2v) is 9.06. The van der Waals surface area contributed by atoms with Gasteiger partial charge >= 0.3 is 0 Å². The van der Waals surface area contributed by atoms with E-state index in [2.05, 4.69) is 9.88 Å². The van der Waals surface area contributed by atoms with Crippen molar-refractivity contribution in [3.05, 3.63) is 93.4 Å². The van der Waals surface area contributed by atoms with Crippen LogP contribution in [-0.2, 0) is 13.1 Å². The van der Waals surface area contributed by atoms with Crippen LogP contribution >= 0.6 is 0 Å². The van der Waals surface area contributed by atoms with E-state index in [1.807, 2.05) is 22.8 Å². The number of pyridine rings is 2. The van der Waals surface area contributed by atoms with E-state index < -0.39 is 0 Å². The van der Waals surface area contributed by atoms with Crippen LogP contribution in [0.2, 0.25) is 0 Å². The molecule has 0 saturated carbocycles. The second-order valence-electron chi connectivity index (χ2n) is 9.06. The molecule has 0 aliphatic carbocycles.